The van der Waals surface area contributed by atoms with E-state index in [1.165, 1.54) is 24.0 Å². The van der Waals surface area contributed by atoms with Crippen molar-refractivity contribution < 1.29 is 14.6 Å². The number of ether oxygens (including phenoxy) is 1. The number of Topliss-reactive ketones (excluding diaryl/α,β-unsaturated/α-hetero) is 1. The van der Waals surface area contributed by atoms with Gasteiger partial charge in [-0.2, -0.15) is 0 Å². The number of allylic oxidation sites excluding steroid dienone is 1. The number of rotatable bonds is 3. The number of carbonyl (C=O) groups is 1. The minimum Gasteiger partial charge on any atom is -0.389 e. The van der Waals surface area contributed by atoms with E-state index in [9.17, 15) is 9.90 Å². The van der Waals surface area contributed by atoms with Crippen LogP contribution in [0.1, 0.15) is 86.5 Å². The van der Waals surface area contributed by atoms with E-state index in [0.29, 0.717) is 41.8 Å². The highest BCUT2D eigenvalue weighted by molar-refractivity contribution is 5.88. The molecule has 0 aliphatic heterocycles. The van der Waals surface area contributed by atoms with Gasteiger partial charge >= 0.3 is 0 Å². The third kappa shape index (κ3) is 2.72. The summed E-state index contributed by atoms with van der Waals surface area (Å²) < 4.78 is 6.12. The number of hydrogen-bond acceptors (Lipinski definition) is 3. The van der Waals surface area contributed by atoms with Crippen molar-refractivity contribution in [1.29, 1.82) is 0 Å². The van der Waals surface area contributed by atoms with Crippen LogP contribution in [0.15, 0.2) is 11.1 Å². The molecule has 6 unspecified atom stereocenters. The Bertz CT molecular complexity index is 721. The van der Waals surface area contributed by atoms with E-state index in [0.717, 1.165) is 25.7 Å². The smallest absolute Gasteiger partial charge is 0.164 e. The highest BCUT2D eigenvalue weighted by Crippen LogP contribution is 2.69. The molecule has 3 heteroatoms. The molecule has 0 radical (unpaired) electrons. The quantitative estimate of drug-likeness (QED) is 0.629. The lowest BCUT2D eigenvalue weighted by Crippen LogP contribution is -2.59. The Morgan fingerprint density at radius 1 is 1.07 bits per heavy atom. The van der Waals surface area contributed by atoms with Crippen molar-refractivity contribution in [2.75, 3.05) is 7.11 Å². The molecule has 8 atom stereocenters. The molecule has 0 spiro atoms. The summed E-state index contributed by atoms with van der Waals surface area (Å²) >= 11 is 0. The maximum absolute atomic E-state index is 13.1. The summed E-state index contributed by atoms with van der Waals surface area (Å²) in [6.45, 7) is 13.7. The fourth-order valence-corrected chi connectivity index (χ4v) is 8.82. The Kier molecular flexibility index (Phi) is 5.14. The Labute approximate surface area is 177 Å². The van der Waals surface area contributed by atoms with Crippen LogP contribution in [0.25, 0.3) is 0 Å². The summed E-state index contributed by atoms with van der Waals surface area (Å²) in [6, 6.07) is 0. The summed E-state index contributed by atoms with van der Waals surface area (Å²) in [6.07, 6.45) is 6.74. The molecule has 29 heavy (non-hydrogen) atoms. The number of methoxy groups -OCH3 is 1. The van der Waals surface area contributed by atoms with Crippen molar-refractivity contribution in [3.63, 3.8) is 0 Å². The van der Waals surface area contributed by atoms with Crippen molar-refractivity contribution in [3.8, 4) is 0 Å². The average Bonchev–Trinajstić information content (AvgIpc) is 2.99. The zero-order valence-electron chi connectivity index (χ0n) is 19.7. The Morgan fingerprint density at radius 2 is 1.76 bits per heavy atom. The van der Waals surface area contributed by atoms with Gasteiger partial charge in [-0.3, -0.25) is 4.79 Å². The van der Waals surface area contributed by atoms with Crippen LogP contribution in [0.5, 0.6) is 0 Å². The van der Waals surface area contributed by atoms with Gasteiger partial charge in [-0.25, -0.2) is 0 Å². The van der Waals surface area contributed by atoms with Crippen LogP contribution in [0.4, 0.5) is 0 Å². The van der Waals surface area contributed by atoms with Crippen molar-refractivity contribution in [3.05, 3.63) is 11.1 Å². The fourth-order valence-electron chi connectivity index (χ4n) is 8.82. The topological polar surface area (TPSA) is 46.5 Å². The molecule has 4 aliphatic carbocycles. The zero-order valence-corrected chi connectivity index (χ0v) is 19.7. The fraction of sp³-hybridized carbons (Fsp3) is 0.885. The van der Waals surface area contributed by atoms with Gasteiger partial charge in [0.2, 0.25) is 0 Å². The number of carbonyl (C=O) groups excluding carboxylic acids is 1. The lowest BCUT2D eigenvalue weighted by atomic mass is 9.44. The first-order chi connectivity index (χ1) is 13.5. The van der Waals surface area contributed by atoms with E-state index >= 15 is 0 Å². The van der Waals surface area contributed by atoms with Gasteiger partial charge in [0, 0.05) is 18.9 Å². The number of hydrogen-bond donors (Lipinski definition) is 1. The Morgan fingerprint density at radius 3 is 2.38 bits per heavy atom. The van der Waals surface area contributed by atoms with Gasteiger partial charge in [0.1, 0.15) is 5.60 Å². The molecule has 164 valence electrons. The van der Waals surface area contributed by atoms with Crippen molar-refractivity contribution in [2.24, 2.45) is 40.4 Å². The lowest BCUT2D eigenvalue weighted by molar-refractivity contribution is -0.174. The molecule has 0 saturated heterocycles. The van der Waals surface area contributed by atoms with E-state index < -0.39 is 5.60 Å². The zero-order chi connectivity index (χ0) is 21.4. The van der Waals surface area contributed by atoms with Crippen LogP contribution in [0.2, 0.25) is 0 Å². The lowest BCUT2D eigenvalue weighted by Gasteiger charge is -2.61. The minimum atomic E-state index is -0.581. The first-order valence-electron chi connectivity index (χ1n) is 12.0. The predicted molar refractivity (Wildman–Crippen MR) is 116 cm³/mol. The SMILES string of the molecule is CCC(=O)[C@@]1(OC)CCC2C3CC(C)(C)C4CC(O)C(C)=C(C)C4C3CC[C@@]21C. The summed E-state index contributed by atoms with van der Waals surface area (Å²) in [5.74, 6) is 3.39. The van der Waals surface area contributed by atoms with Gasteiger partial charge < -0.3 is 9.84 Å². The Hall–Kier alpha value is -0.670. The molecule has 0 aromatic rings. The first-order valence-corrected chi connectivity index (χ1v) is 12.0. The molecule has 3 nitrogen and oxygen atoms in total. The third-order valence-corrected chi connectivity index (χ3v) is 10.5. The molecule has 0 aromatic heterocycles. The summed E-state index contributed by atoms with van der Waals surface area (Å²) in [7, 11) is 1.77. The van der Waals surface area contributed by atoms with Crippen molar-refractivity contribution in [2.45, 2.75) is 98.2 Å². The number of aliphatic hydroxyl groups is 1. The molecule has 4 rings (SSSR count). The van der Waals surface area contributed by atoms with Gasteiger partial charge in [0.25, 0.3) is 0 Å². The highest BCUT2D eigenvalue weighted by Gasteiger charge is 2.67. The van der Waals surface area contributed by atoms with Crippen LogP contribution in [-0.2, 0) is 9.53 Å². The monoisotopic (exact) mass is 402 g/mol. The van der Waals surface area contributed by atoms with E-state index in [1.807, 2.05) is 6.92 Å². The van der Waals surface area contributed by atoms with Gasteiger partial charge in [-0.1, -0.05) is 33.3 Å². The maximum Gasteiger partial charge on any atom is 0.164 e. The van der Waals surface area contributed by atoms with Crippen LogP contribution in [0, 0.1) is 40.4 Å². The van der Waals surface area contributed by atoms with Crippen molar-refractivity contribution in [1.82, 2.24) is 0 Å². The predicted octanol–water partition coefficient (Wildman–Crippen LogP) is 5.56. The summed E-state index contributed by atoms with van der Waals surface area (Å²) in [4.78, 5) is 13.1. The van der Waals surface area contributed by atoms with E-state index in [1.54, 1.807) is 7.11 Å². The largest absolute Gasteiger partial charge is 0.389 e. The molecular weight excluding hydrogens is 360 g/mol. The summed E-state index contributed by atoms with van der Waals surface area (Å²) in [5, 5.41) is 10.7. The molecule has 0 amide bonds. The average molecular weight is 403 g/mol. The number of ketones is 1. The third-order valence-electron chi connectivity index (χ3n) is 10.5. The second-order valence-electron chi connectivity index (χ2n) is 11.7. The Balaban J connectivity index is 1.75. The first kappa shape index (κ1) is 21.6. The van der Waals surface area contributed by atoms with Gasteiger partial charge in [0.05, 0.1) is 6.10 Å². The second-order valence-corrected chi connectivity index (χ2v) is 11.7. The maximum atomic E-state index is 13.1. The van der Waals surface area contributed by atoms with Crippen LogP contribution in [0.3, 0.4) is 0 Å². The van der Waals surface area contributed by atoms with E-state index in [2.05, 4.69) is 34.6 Å². The molecule has 3 saturated carbocycles. The molecule has 0 heterocycles. The van der Waals surface area contributed by atoms with Crippen LogP contribution < -0.4 is 0 Å². The standard InChI is InChI=1S/C26H42O3/c1-8-22(28)26(29-7)12-10-19-18-14-24(4,5)20-13-21(27)15(2)16(3)23(20)17(18)9-11-25(19,26)6/h17-21,23,27H,8-14H2,1-7H3/t17?,18?,19?,20?,21?,23?,25-,26-/m0/s1. The number of aliphatic hydroxyl groups excluding tert-OH is 1. The molecule has 0 bridgehead atoms. The molecule has 0 aromatic carbocycles. The molecule has 4 aliphatic rings. The normalized spacial score (nSPS) is 48.7. The summed E-state index contributed by atoms with van der Waals surface area (Å²) in [5.41, 5.74) is 2.28. The number of fused-ring (bicyclic) bond motifs is 5. The minimum absolute atomic E-state index is 0.0419. The van der Waals surface area contributed by atoms with E-state index in [-0.39, 0.29) is 16.9 Å². The van der Waals surface area contributed by atoms with Gasteiger partial charge in [0.15, 0.2) is 5.78 Å². The molecule has 3 fully saturated rings. The van der Waals surface area contributed by atoms with Crippen LogP contribution >= 0.6 is 0 Å². The highest BCUT2D eigenvalue weighted by atomic mass is 16.5. The van der Waals surface area contributed by atoms with E-state index in [4.69, 9.17) is 4.74 Å². The molecule has 1 N–H and O–H groups in total. The van der Waals surface area contributed by atoms with Gasteiger partial charge in [-0.05, 0) is 93.0 Å². The van der Waals surface area contributed by atoms with Crippen molar-refractivity contribution >= 4 is 5.78 Å². The van der Waals surface area contributed by atoms with Crippen LogP contribution in [-0.4, -0.2) is 29.7 Å². The van der Waals surface area contributed by atoms with Gasteiger partial charge in [-0.15, -0.1) is 0 Å². The second kappa shape index (κ2) is 6.92. The molecular formula is C26H42O3.